The van der Waals surface area contributed by atoms with Crippen LogP contribution in [-0.2, 0) is 4.79 Å². The Hall–Kier alpha value is -0.540. The number of amides is 1. The third-order valence-electron chi connectivity index (χ3n) is 0.993. The molecular formula is C7H13ClN2O. The number of nitrogens with one attached hydrogen (secondary N) is 2. The molecule has 0 aromatic rings. The van der Waals surface area contributed by atoms with Gasteiger partial charge in [-0.3, -0.25) is 4.79 Å². The highest BCUT2D eigenvalue weighted by Gasteiger charge is 1.90. The van der Waals surface area contributed by atoms with Crippen LogP contribution in [0.15, 0.2) is 11.6 Å². The van der Waals surface area contributed by atoms with Crippen molar-refractivity contribution in [2.75, 3.05) is 19.6 Å². The molecule has 0 saturated heterocycles. The fourth-order valence-electron chi connectivity index (χ4n) is 0.551. The second-order valence-corrected chi connectivity index (χ2v) is 2.71. The lowest BCUT2D eigenvalue weighted by Crippen LogP contribution is -2.30. The normalized spacial score (nSPS) is 9.27. The molecule has 0 aliphatic heterocycles. The number of rotatable bonds is 5. The summed E-state index contributed by atoms with van der Waals surface area (Å²) in [5, 5.41) is 6.22. The van der Waals surface area contributed by atoms with Crippen molar-refractivity contribution in [1.29, 1.82) is 0 Å². The monoisotopic (exact) mass is 176 g/mol. The summed E-state index contributed by atoms with van der Waals surface area (Å²) in [7, 11) is 0. The van der Waals surface area contributed by atoms with Crippen molar-refractivity contribution >= 4 is 17.5 Å². The highest BCUT2D eigenvalue weighted by atomic mass is 35.5. The Kier molecular flexibility index (Phi) is 5.88. The van der Waals surface area contributed by atoms with Crippen LogP contribution in [0.2, 0.25) is 0 Å². The maximum absolute atomic E-state index is 10.4. The summed E-state index contributed by atoms with van der Waals surface area (Å²) in [6, 6.07) is 0. The lowest BCUT2D eigenvalue weighted by atomic mass is 10.5. The smallest absolute Gasteiger partial charge is 0.216 e. The summed E-state index contributed by atoms with van der Waals surface area (Å²) < 4.78 is 0. The average molecular weight is 177 g/mol. The van der Waals surface area contributed by atoms with Gasteiger partial charge in [0.15, 0.2) is 0 Å². The number of hydrogen-bond acceptors (Lipinski definition) is 2. The van der Waals surface area contributed by atoms with Gasteiger partial charge in [0.05, 0.1) is 0 Å². The molecule has 0 saturated carbocycles. The second kappa shape index (κ2) is 6.19. The van der Waals surface area contributed by atoms with E-state index < -0.39 is 0 Å². The van der Waals surface area contributed by atoms with E-state index in [4.69, 9.17) is 11.6 Å². The van der Waals surface area contributed by atoms with Crippen molar-refractivity contribution in [2.45, 2.75) is 6.92 Å². The van der Waals surface area contributed by atoms with Crippen LogP contribution in [-0.4, -0.2) is 25.5 Å². The molecule has 0 spiro atoms. The van der Waals surface area contributed by atoms with Gasteiger partial charge in [-0.25, -0.2) is 0 Å². The van der Waals surface area contributed by atoms with E-state index in [1.165, 1.54) is 6.92 Å². The van der Waals surface area contributed by atoms with Gasteiger partial charge in [-0.2, -0.15) is 0 Å². The van der Waals surface area contributed by atoms with Gasteiger partial charge in [0.1, 0.15) is 0 Å². The first-order valence-corrected chi connectivity index (χ1v) is 3.79. The van der Waals surface area contributed by atoms with E-state index in [0.717, 1.165) is 0 Å². The van der Waals surface area contributed by atoms with Gasteiger partial charge in [0.2, 0.25) is 5.91 Å². The van der Waals surface area contributed by atoms with Gasteiger partial charge < -0.3 is 10.6 Å². The molecule has 3 nitrogen and oxygen atoms in total. The minimum atomic E-state index is -0.0171. The molecule has 0 bridgehead atoms. The Morgan fingerprint density at radius 1 is 1.55 bits per heavy atom. The van der Waals surface area contributed by atoms with Crippen LogP contribution in [0, 0.1) is 0 Å². The molecule has 0 aliphatic rings. The van der Waals surface area contributed by atoms with Crippen LogP contribution in [0.1, 0.15) is 6.92 Å². The fourth-order valence-corrected chi connectivity index (χ4v) is 0.645. The first kappa shape index (κ1) is 10.5. The van der Waals surface area contributed by atoms with Crippen LogP contribution < -0.4 is 10.6 Å². The van der Waals surface area contributed by atoms with Crippen LogP contribution in [0.5, 0.6) is 0 Å². The Labute approximate surface area is 71.8 Å². The lowest BCUT2D eigenvalue weighted by Gasteiger charge is -2.02. The third-order valence-corrected chi connectivity index (χ3v) is 1.13. The van der Waals surface area contributed by atoms with Gasteiger partial charge in [0.25, 0.3) is 0 Å². The molecule has 64 valence electrons. The molecule has 0 fully saturated rings. The van der Waals surface area contributed by atoms with Gasteiger partial charge in [-0.05, 0) is 0 Å². The first-order chi connectivity index (χ1) is 5.13. The predicted octanol–water partition coefficient (Wildman–Crippen LogP) is 0.465. The minimum Gasteiger partial charge on any atom is -0.355 e. The highest BCUT2D eigenvalue weighted by molar-refractivity contribution is 6.29. The van der Waals surface area contributed by atoms with Gasteiger partial charge in [-0.1, -0.05) is 18.2 Å². The molecule has 1 amide bonds. The van der Waals surface area contributed by atoms with Gasteiger partial charge in [-0.15, -0.1) is 0 Å². The maximum atomic E-state index is 10.4. The Balaban J connectivity index is 3.03. The molecule has 0 aromatic heterocycles. The maximum Gasteiger partial charge on any atom is 0.216 e. The van der Waals surface area contributed by atoms with Gasteiger partial charge >= 0.3 is 0 Å². The Morgan fingerprint density at radius 2 is 2.18 bits per heavy atom. The third kappa shape index (κ3) is 9.46. The zero-order valence-corrected chi connectivity index (χ0v) is 7.37. The van der Waals surface area contributed by atoms with E-state index in [1.54, 1.807) is 0 Å². The molecule has 0 atom stereocenters. The van der Waals surface area contributed by atoms with E-state index in [1.807, 2.05) is 0 Å². The molecule has 0 unspecified atom stereocenters. The van der Waals surface area contributed by atoms with Crippen molar-refractivity contribution in [2.24, 2.45) is 0 Å². The first-order valence-electron chi connectivity index (χ1n) is 3.41. The van der Waals surface area contributed by atoms with Crippen molar-refractivity contribution in [3.8, 4) is 0 Å². The standard InChI is InChI=1S/C7H13ClN2O/c1-6(8)5-9-3-4-10-7(2)11/h9H,1,3-5H2,2H3,(H,10,11). The molecule has 0 rings (SSSR count). The van der Waals surface area contributed by atoms with E-state index >= 15 is 0 Å². The largest absolute Gasteiger partial charge is 0.355 e. The number of carbonyl (C=O) groups excluding carboxylic acids is 1. The van der Waals surface area contributed by atoms with Crippen molar-refractivity contribution in [1.82, 2.24) is 10.6 Å². The minimum absolute atomic E-state index is 0.0171. The number of halogens is 1. The van der Waals surface area contributed by atoms with Crippen LogP contribution in [0.4, 0.5) is 0 Å². The van der Waals surface area contributed by atoms with E-state index in [9.17, 15) is 4.79 Å². The van der Waals surface area contributed by atoms with Crippen molar-refractivity contribution < 1.29 is 4.79 Å². The van der Waals surface area contributed by atoms with E-state index in [2.05, 4.69) is 17.2 Å². The fraction of sp³-hybridized carbons (Fsp3) is 0.571. The molecule has 2 N–H and O–H groups in total. The average Bonchev–Trinajstić information content (AvgIpc) is 1.85. The quantitative estimate of drug-likeness (QED) is 0.598. The zero-order chi connectivity index (χ0) is 8.69. The van der Waals surface area contributed by atoms with Gasteiger partial charge in [0, 0.05) is 31.6 Å². The SMILES string of the molecule is C=C(Cl)CNCCNC(C)=O. The summed E-state index contributed by atoms with van der Waals surface area (Å²) >= 11 is 5.47. The van der Waals surface area contributed by atoms with E-state index in [0.29, 0.717) is 24.7 Å². The Morgan fingerprint density at radius 3 is 2.64 bits per heavy atom. The molecule has 0 aliphatic carbocycles. The van der Waals surface area contributed by atoms with Crippen molar-refractivity contribution in [3.05, 3.63) is 11.6 Å². The zero-order valence-electron chi connectivity index (χ0n) is 6.61. The summed E-state index contributed by atoms with van der Waals surface area (Å²) in [4.78, 5) is 10.4. The Bertz CT molecular complexity index is 131. The number of hydrogen-bond donors (Lipinski definition) is 2. The molecule has 0 heterocycles. The van der Waals surface area contributed by atoms with Crippen LogP contribution in [0.3, 0.4) is 0 Å². The molecular weight excluding hydrogens is 164 g/mol. The topological polar surface area (TPSA) is 41.1 Å². The summed E-state index contributed by atoms with van der Waals surface area (Å²) in [6.45, 7) is 6.91. The highest BCUT2D eigenvalue weighted by Crippen LogP contribution is 1.90. The summed E-state index contributed by atoms with van der Waals surface area (Å²) in [5.41, 5.74) is 0. The predicted molar refractivity (Wildman–Crippen MR) is 46.5 cm³/mol. The lowest BCUT2D eigenvalue weighted by molar-refractivity contribution is -0.118. The van der Waals surface area contributed by atoms with Crippen LogP contribution >= 0.6 is 11.6 Å². The summed E-state index contributed by atoms with van der Waals surface area (Å²) in [6.07, 6.45) is 0. The van der Waals surface area contributed by atoms with Crippen LogP contribution in [0.25, 0.3) is 0 Å². The molecule has 0 radical (unpaired) electrons. The second-order valence-electron chi connectivity index (χ2n) is 2.18. The summed E-state index contributed by atoms with van der Waals surface area (Å²) in [5.74, 6) is -0.0171. The van der Waals surface area contributed by atoms with E-state index in [-0.39, 0.29) is 5.91 Å². The molecule has 4 heteroatoms. The molecule has 0 aromatic carbocycles. The number of carbonyl (C=O) groups is 1. The van der Waals surface area contributed by atoms with Crippen molar-refractivity contribution in [3.63, 3.8) is 0 Å². The molecule has 11 heavy (non-hydrogen) atoms.